The van der Waals surface area contributed by atoms with E-state index in [2.05, 4.69) is 50.4 Å². The molecule has 0 radical (unpaired) electrons. The van der Waals surface area contributed by atoms with E-state index in [0.717, 1.165) is 55.1 Å². The average Bonchev–Trinajstić information content (AvgIpc) is 3.33. The van der Waals surface area contributed by atoms with Crippen molar-refractivity contribution in [3.63, 3.8) is 0 Å². The SMILES string of the molecule is C[C@@H](NC1CCN(c2ncnc3c2cnn3C)CC1)[C@H]1COc2ccccc21. The van der Waals surface area contributed by atoms with Crippen molar-refractivity contribution in [3.8, 4) is 5.75 Å². The van der Waals surface area contributed by atoms with Gasteiger partial charge in [0, 0.05) is 43.7 Å². The molecule has 1 fully saturated rings. The number of benzene rings is 1. The number of aryl methyl sites for hydroxylation is 1. The van der Waals surface area contributed by atoms with Crippen molar-refractivity contribution >= 4 is 16.9 Å². The van der Waals surface area contributed by atoms with Crippen molar-refractivity contribution in [2.75, 3.05) is 24.6 Å². The molecular formula is C21H26N6O. The standard InChI is InChI=1S/C21H26N6O/c1-14(18-12-28-19-6-4-3-5-16(18)19)25-15-7-9-27(10-8-15)21-17-11-24-26(2)20(17)22-13-23-21/h3-6,11,13-15,18,25H,7-10,12H2,1-2H3/t14-,18-/m1/s1. The Morgan fingerprint density at radius 3 is 2.86 bits per heavy atom. The molecule has 7 heteroatoms. The summed E-state index contributed by atoms with van der Waals surface area (Å²) >= 11 is 0. The van der Waals surface area contributed by atoms with E-state index in [1.165, 1.54) is 5.56 Å². The molecule has 0 unspecified atom stereocenters. The number of aromatic nitrogens is 4. The third-order valence-electron chi connectivity index (χ3n) is 6.14. The van der Waals surface area contributed by atoms with Gasteiger partial charge in [0.05, 0.1) is 18.2 Å². The first-order chi connectivity index (χ1) is 13.7. The van der Waals surface area contributed by atoms with Crippen LogP contribution in [0.5, 0.6) is 5.75 Å². The summed E-state index contributed by atoms with van der Waals surface area (Å²) < 4.78 is 7.67. The molecule has 0 saturated carbocycles. The Hall–Kier alpha value is -2.67. The number of ether oxygens (including phenoxy) is 1. The minimum atomic E-state index is 0.393. The molecule has 1 saturated heterocycles. The van der Waals surface area contributed by atoms with E-state index < -0.39 is 0 Å². The third-order valence-corrected chi connectivity index (χ3v) is 6.14. The Kier molecular flexibility index (Phi) is 4.39. The van der Waals surface area contributed by atoms with Crippen molar-refractivity contribution < 1.29 is 4.74 Å². The second-order valence-electron chi connectivity index (χ2n) is 7.87. The highest BCUT2D eigenvalue weighted by molar-refractivity contribution is 5.86. The van der Waals surface area contributed by atoms with Gasteiger partial charge in [0.1, 0.15) is 17.9 Å². The van der Waals surface area contributed by atoms with E-state index in [-0.39, 0.29) is 0 Å². The lowest BCUT2D eigenvalue weighted by Crippen LogP contribution is -2.47. The lowest BCUT2D eigenvalue weighted by molar-refractivity contribution is 0.283. The monoisotopic (exact) mass is 378 g/mol. The first-order valence-electron chi connectivity index (χ1n) is 10.1. The van der Waals surface area contributed by atoms with E-state index in [1.54, 1.807) is 11.0 Å². The summed E-state index contributed by atoms with van der Waals surface area (Å²) in [4.78, 5) is 11.3. The maximum Gasteiger partial charge on any atom is 0.163 e. The van der Waals surface area contributed by atoms with Crippen molar-refractivity contribution in [3.05, 3.63) is 42.4 Å². The van der Waals surface area contributed by atoms with Gasteiger partial charge in [-0.15, -0.1) is 0 Å². The predicted octanol–water partition coefficient (Wildman–Crippen LogP) is 2.49. The Morgan fingerprint density at radius 2 is 2.00 bits per heavy atom. The summed E-state index contributed by atoms with van der Waals surface area (Å²) in [6, 6.07) is 9.33. The Morgan fingerprint density at radius 1 is 1.18 bits per heavy atom. The van der Waals surface area contributed by atoms with Gasteiger partial charge in [-0.2, -0.15) is 5.10 Å². The van der Waals surface area contributed by atoms with Crippen LogP contribution in [-0.2, 0) is 7.05 Å². The molecule has 2 aliphatic heterocycles. The zero-order chi connectivity index (χ0) is 19.1. The average molecular weight is 378 g/mol. The largest absolute Gasteiger partial charge is 0.493 e. The number of nitrogens with zero attached hydrogens (tertiary/aromatic N) is 5. The molecule has 2 atom stereocenters. The van der Waals surface area contributed by atoms with Gasteiger partial charge in [-0.1, -0.05) is 18.2 Å². The molecule has 0 bridgehead atoms. The van der Waals surface area contributed by atoms with E-state index in [1.807, 2.05) is 19.3 Å². The molecule has 28 heavy (non-hydrogen) atoms. The molecule has 0 aliphatic carbocycles. The molecule has 2 aliphatic rings. The van der Waals surface area contributed by atoms with Crippen LogP contribution in [-0.4, -0.2) is 51.5 Å². The van der Waals surface area contributed by atoms with Gasteiger partial charge in [0.15, 0.2) is 5.65 Å². The van der Waals surface area contributed by atoms with Gasteiger partial charge in [-0.05, 0) is 25.8 Å². The second-order valence-corrected chi connectivity index (χ2v) is 7.87. The molecule has 4 heterocycles. The second kappa shape index (κ2) is 7.05. The highest BCUT2D eigenvalue weighted by atomic mass is 16.5. The minimum absolute atomic E-state index is 0.393. The van der Waals surface area contributed by atoms with Gasteiger partial charge in [-0.25, -0.2) is 9.97 Å². The van der Waals surface area contributed by atoms with Crippen LogP contribution in [0.25, 0.3) is 11.0 Å². The summed E-state index contributed by atoms with van der Waals surface area (Å²) in [6.45, 7) is 5.03. The van der Waals surface area contributed by atoms with Gasteiger partial charge in [0.25, 0.3) is 0 Å². The summed E-state index contributed by atoms with van der Waals surface area (Å²) in [5.74, 6) is 2.47. The number of anilines is 1. The van der Waals surface area contributed by atoms with Crippen LogP contribution in [0.2, 0.25) is 0 Å². The number of hydrogen-bond acceptors (Lipinski definition) is 6. The maximum atomic E-state index is 5.87. The van der Waals surface area contributed by atoms with Crippen molar-refractivity contribution in [1.82, 2.24) is 25.1 Å². The normalized spacial score (nSPS) is 20.9. The number of piperidine rings is 1. The summed E-state index contributed by atoms with van der Waals surface area (Å²) in [5, 5.41) is 9.22. The fourth-order valence-electron chi connectivity index (χ4n) is 4.55. The Bertz CT molecular complexity index is 978. The Balaban J connectivity index is 1.23. The number of fused-ring (bicyclic) bond motifs is 2. The van der Waals surface area contributed by atoms with E-state index >= 15 is 0 Å². The van der Waals surface area contributed by atoms with Crippen LogP contribution in [0.15, 0.2) is 36.8 Å². The van der Waals surface area contributed by atoms with Gasteiger partial charge < -0.3 is 15.0 Å². The zero-order valence-electron chi connectivity index (χ0n) is 16.4. The third kappa shape index (κ3) is 2.99. The highest BCUT2D eigenvalue weighted by Crippen LogP contribution is 2.36. The lowest BCUT2D eigenvalue weighted by atomic mass is 9.93. The van der Waals surface area contributed by atoms with E-state index in [0.29, 0.717) is 18.0 Å². The summed E-state index contributed by atoms with van der Waals surface area (Å²) in [5.41, 5.74) is 2.22. The van der Waals surface area contributed by atoms with Gasteiger partial charge in [-0.3, -0.25) is 4.68 Å². The maximum absolute atomic E-state index is 5.87. The molecule has 5 rings (SSSR count). The fourth-order valence-corrected chi connectivity index (χ4v) is 4.55. The number of nitrogens with one attached hydrogen (secondary N) is 1. The summed E-state index contributed by atoms with van der Waals surface area (Å²) in [7, 11) is 1.92. The predicted molar refractivity (Wildman–Crippen MR) is 109 cm³/mol. The Labute approximate surface area is 164 Å². The number of hydrogen-bond donors (Lipinski definition) is 1. The van der Waals surface area contributed by atoms with E-state index in [9.17, 15) is 0 Å². The van der Waals surface area contributed by atoms with Crippen LogP contribution < -0.4 is 15.0 Å². The van der Waals surface area contributed by atoms with Crippen LogP contribution in [0.4, 0.5) is 5.82 Å². The van der Waals surface area contributed by atoms with Gasteiger partial charge >= 0.3 is 0 Å². The molecule has 3 aromatic rings. The van der Waals surface area contributed by atoms with Crippen molar-refractivity contribution in [2.24, 2.45) is 7.05 Å². The quantitative estimate of drug-likeness (QED) is 0.752. The molecule has 1 N–H and O–H groups in total. The number of rotatable bonds is 4. The topological polar surface area (TPSA) is 68.1 Å². The lowest BCUT2D eigenvalue weighted by Gasteiger charge is -2.35. The molecule has 0 amide bonds. The molecule has 2 aromatic heterocycles. The zero-order valence-corrected chi connectivity index (χ0v) is 16.4. The van der Waals surface area contributed by atoms with E-state index in [4.69, 9.17) is 4.74 Å². The van der Waals surface area contributed by atoms with Crippen LogP contribution >= 0.6 is 0 Å². The first kappa shape index (κ1) is 17.4. The minimum Gasteiger partial charge on any atom is -0.493 e. The van der Waals surface area contributed by atoms with Crippen molar-refractivity contribution in [1.29, 1.82) is 0 Å². The van der Waals surface area contributed by atoms with Crippen LogP contribution in [0, 0.1) is 0 Å². The molecular weight excluding hydrogens is 352 g/mol. The molecule has 7 nitrogen and oxygen atoms in total. The number of para-hydroxylation sites is 1. The molecule has 0 spiro atoms. The summed E-state index contributed by atoms with van der Waals surface area (Å²) in [6.07, 6.45) is 5.72. The fraction of sp³-hybridized carbons (Fsp3) is 0.476. The van der Waals surface area contributed by atoms with Gasteiger partial charge in [0.2, 0.25) is 0 Å². The first-order valence-corrected chi connectivity index (χ1v) is 10.1. The van der Waals surface area contributed by atoms with Crippen molar-refractivity contribution in [2.45, 2.75) is 37.8 Å². The van der Waals surface area contributed by atoms with Crippen LogP contribution in [0.1, 0.15) is 31.2 Å². The molecule has 1 aromatic carbocycles. The smallest absolute Gasteiger partial charge is 0.163 e. The van der Waals surface area contributed by atoms with Crippen LogP contribution in [0.3, 0.4) is 0 Å². The highest BCUT2D eigenvalue weighted by Gasteiger charge is 2.31. The molecule has 146 valence electrons.